The van der Waals surface area contributed by atoms with Crippen LogP contribution in [-0.4, -0.2) is 21.3 Å². The average Bonchev–Trinajstić information content (AvgIpc) is 1.72. The van der Waals surface area contributed by atoms with Crippen molar-refractivity contribution in [3.05, 3.63) is 7.43 Å². The zero-order valence-corrected chi connectivity index (χ0v) is 7.81. The van der Waals surface area contributed by atoms with Gasteiger partial charge in [-0.1, -0.05) is 0 Å². The number of hydrogen-bond donors (Lipinski definition) is 0. The molecule has 0 aromatic rings. The van der Waals surface area contributed by atoms with Crippen molar-refractivity contribution in [2.24, 2.45) is 0 Å². The van der Waals surface area contributed by atoms with Gasteiger partial charge in [-0.15, -0.1) is 0 Å². The van der Waals surface area contributed by atoms with Crippen molar-refractivity contribution in [1.29, 1.82) is 0 Å². The van der Waals surface area contributed by atoms with Crippen molar-refractivity contribution < 1.29 is 30.6 Å². The summed E-state index contributed by atoms with van der Waals surface area (Å²) in [5, 5.41) is 0. The molecule has 3 nitrogen and oxygen atoms in total. The molecule has 62 valence electrons. The zero-order chi connectivity index (χ0) is 5.70. The molecular formula is C4H12CuO3P. The molecule has 0 aromatic carbocycles. The molecule has 0 fully saturated rings. The minimum absolute atomic E-state index is 0. The van der Waals surface area contributed by atoms with E-state index in [4.69, 9.17) is 0 Å². The molecule has 0 bridgehead atoms. The van der Waals surface area contributed by atoms with Crippen LogP contribution in [0.1, 0.15) is 0 Å². The fraction of sp³-hybridized carbons (Fsp3) is 0.750. The monoisotopic (exact) mass is 202 g/mol. The van der Waals surface area contributed by atoms with Crippen LogP contribution in [0.15, 0.2) is 0 Å². The first-order valence-electron chi connectivity index (χ1n) is 1.77. The van der Waals surface area contributed by atoms with Crippen molar-refractivity contribution >= 4 is 8.60 Å². The first-order valence-corrected chi connectivity index (χ1v) is 2.87. The fourth-order valence-corrected chi connectivity index (χ4v) is 0.671. The van der Waals surface area contributed by atoms with Gasteiger partial charge >= 0.3 is 25.7 Å². The van der Waals surface area contributed by atoms with Crippen LogP contribution in [0.25, 0.3) is 0 Å². The standard InChI is InChI=1S/C3H9O3P.CH3.Cu/c1-4-7(5-2)6-3;;/h1-3H3;1H3;/q;-1;+1. The molecule has 0 aliphatic rings. The van der Waals surface area contributed by atoms with Gasteiger partial charge in [0.05, 0.1) is 0 Å². The molecule has 0 saturated heterocycles. The van der Waals surface area contributed by atoms with E-state index in [9.17, 15) is 0 Å². The number of rotatable bonds is 3. The smallest absolute Gasteiger partial charge is 0.358 e. The van der Waals surface area contributed by atoms with Gasteiger partial charge in [-0.25, -0.2) is 0 Å². The molecule has 9 heavy (non-hydrogen) atoms. The Bertz CT molecular complexity index is 37.3. The molecule has 0 unspecified atom stereocenters. The van der Waals surface area contributed by atoms with Crippen molar-refractivity contribution in [3.8, 4) is 0 Å². The quantitative estimate of drug-likeness (QED) is 0.395. The van der Waals surface area contributed by atoms with Crippen molar-refractivity contribution in [2.75, 3.05) is 21.3 Å². The summed E-state index contributed by atoms with van der Waals surface area (Å²) in [7, 11) is 3.57. The van der Waals surface area contributed by atoms with E-state index in [1.807, 2.05) is 0 Å². The molecule has 0 aliphatic carbocycles. The molecule has 0 N–H and O–H groups in total. The van der Waals surface area contributed by atoms with Gasteiger partial charge in [0.25, 0.3) is 0 Å². The predicted octanol–water partition coefficient (Wildman–Crippen LogP) is 1.60. The number of hydrogen-bond acceptors (Lipinski definition) is 3. The molecule has 0 aromatic heterocycles. The molecule has 0 amide bonds. The Hall–Kier alpha value is 0.829. The SMILES string of the molecule is COP(OC)OC.[CH3-].[Cu+]. The van der Waals surface area contributed by atoms with Gasteiger partial charge in [0, 0.05) is 21.3 Å². The molecular weight excluding hydrogens is 191 g/mol. The van der Waals surface area contributed by atoms with Crippen LogP contribution in [0, 0.1) is 7.43 Å². The second-order valence-corrected chi connectivity index (χ2v) is 2.31. The zero-order valence-electron chi connectivity index (χ0n) is 5.97. The van der Waals surface area contributed by atoms with Crippen LogP contribution >= 0.6 is 8.60 Å². The van der Waals surface area contributed by atoms with Gasteiger partial charge in [-0.2, -0.15) is 0 Å². The van der Waals surface area contributed by atoms with Gasteiger partial charge < -0.3 is 21.0 Å². The van der Waals surface area contributed by atoms with Crippen LogP contribution in [0.3, 0.4) is 0 Å². The van der Waals surface area contributed by atoms with Gasteiger partial charge in [0.15, 0.2) is 0 Å². The van der Waals surface area contributed by atoms with E-state index >= 15 is 0 Å². The first kappa shape index (κ1) is 16.4. The van der Waals surface area contributed by atoms with E-state index in [0.29, 0.717) is 0 Å². The Balaban J connectivity index is -0.000000180. The molecule has 0 heterocycles. The summed E-state index contributed by atoms with van der Waals surface area (Å²) in [5.41, 5.74) is 0. The van der Waals surface area contributed by atoms with Crippen molar-refractivity contribution in [2.45, 2.75) is 0 Å². The van der Waals surface area contributed by atoms with Crippen LogP contribution in [0.5, 0.6) is 0 Å². The Morgan fingerprint density at radius 3 is 1.11 bits per heavy atom. The minimum atomic E-state index is -1.05. The minimum Gasteiger partial charge on any atom is -0.358 e. The Kier molecular flexibility index (Phi) is 21.2. The van der Waals surface area contributed by atoms with E-state index in [-0.39, 0.29) is 24.5 Å². The molecule has 0 spiro atoms. The molecule has 5 heteroatoms. The van der Waals surface area contributed by atoms with Crippen LogP contribution in [0.4, 0.5) is 0 Å². The van der Waals surface area contributed by atoms with Gasteiger partial charge in [0.1, 0.15) is 0 Å². The van der Waals surface area contributed by atoms with E-state index in [2.05, 4.69) is 13.6 Å². The van der Waals surface area contributed by atoms with Gasteiger partial charge in [0.2, 0.25) is 0 Å². The third-order valence-corrected chi connectivity index (χ3v) is 1.34. The molecule has 0 atom stereocenters. The Morgan fingerprint density at radius 2 is 1.11 bits per heavy atom. The Morgan fingerprint density at radius 1 is 0.889 bits per heavy atom. The van der Waals surface area contributed by atoms with Crippen LogP contribution < -0.4 is 0 Å². The molecule has 0 saturated carbocycles. The Labute approximate surface area is 68.5 Å². The second-order valence-electron chi connectivity index (χ2n) is 0.771. The normalized spacial score (nSPS) is 8.00. The van der Waals surface area contributed by atoms with E-state index in [1.165, 1.54) is 0 Å². The summed E-state index contributed by atoms with van der Waals surface area (Å²) in [6, 6.07) is 0. The van der Waals surface area contributed by atoms with E-state index in [0.717, 1.165) is 0 Å². The van der Waals surface area contributed by atoms with E-state index in [1.54, 1.807) is 21.3 Å². The maximum atomic E-state index is 4.67. The summed E-state index contributed by atoms with van der Waals surface area (Å²) >= 11 is 0. The summed E-state index contributed by atoms with van der Waals surface area (Å²) in [5.74, 6) is 0. The molecule has 0 rings (SSSR count). The largest absolute Gasteiger partial charge is 1.00 e. The van der Waals surface area contributed by atoms with Crippen molar-refractivity contribution in [1.82, 2.24) is 0 Å². The first-order chi connectivity index (χ1) is 3.35. The van der Waals surface area contributed by atoms with Crippen molar-refractivity contribution in [3.63, 3.8) is 0 Å². The summed E-state index contributed by atoms with van der Waals surface area (Å²) in [6.07, 6.45) is 0. The average molecular weight is 203 g/mol. The second kappa shape index (κ2) is 11.6. The van der Waals surface area contributed by atoms with Crippen LogP contribution in [0.2, 0.25) is 0 Å². The van der Waals surface area contributed by atoms with Gasteiger partial charge in [-0.05, 0) is 0 Å². The summed E-state index contributed by atoms with van der Waals surface area (Å²) < 4.78 is 14.0. The summed E-state index contributed by atoms with van der Waals surface area (Å²) in [6.45, 7) is 0. The topological polar surface area (TPSA) is 27.7 Å². The maximum Gasteiger partial charge on any atom is 1.00 e. The predicted molar refractivity (Wildman–Crippen MR) is 34.4 cm³/mol. The molecule has 0 radical (unpaired) electrons. The summed E-state index contributed by atoms with van der Waals surface area (Å²) in [4.78, 5) is 0. The fourth-order valence-electron chi connectivity index (χ4n) is 0.224. The van der Waals surface area contributed by atoms with Crippen LogP contribution in [-0.2, 0) is 30.6 Å². The molecule has 0 aliphatic heterocycles. The third-order valence-electron chi connectivity index (χ3n) is 0.447. The maximum absolute atomic E-state index is 4.67. The van der Waals surface area contributed by atoms with Gasteiger partial charge in [-0.3, -0.25) is 0 Å². The third kappa shape index (κ3) is 8.83. The van der Waals surface area contributed by atoms with E-state index < -0.39 is 8.60 Å².